The number of nitrogens with one attached hydrogen (secondary N) is 2. The average molecular weight is 481 g/mol. The Bertz CT molecular complexity index is 1200. The van der Waals surface area contributed by atoms with Gasteiger partial charge in [0.05, 0.1) is 10.6 Å². The molecule has 2 N–H and O–H groups in total. The van der Waals surface area contributed by atoms with Gasteiger partial charge in [0, 0.05) is 19.8 Å². The van der Waals surface area contributed by atoms with Gasteiger partial charge in [-0.1, -0.05) is 43.6 Å². The van der Waals surface area contributed by atoms with Crippen molar-refractivity contribution in [2.45, 2.75) is 25.9 Å². The van der Waals surface area contributed by atoms with E-state index in [9.17, 15) is 14.0 Å². The molecule has 2 aliphatic rings. The van der Waals surface area contributed by atoms with Gasteiger partial charge in [-0.15, -0.1) is 0 Å². The summed E-state index contributed by atoms with van der Waals surface area (Å²) in [6.45, 7) is 4.59. The minimum Gasteiger partial charge on any atom is -0.357 e. The van der Waals surface area contributed by atoms with E-state index in [2.05, 4.69) is 10.6 Å². The van der Waals surface area contributed by atoms with Crippen molar-refractivity contribution in [1.29, 1.82) is 0 Å². The molecule has 2 aliphatic heterocycles. The van der Waals surface area contributed by atoms with Crippen molar-refractivity contribution in [3.8, 4) is 0 Å². The van der Waals surface area contributed by atoms with Crippen LogP contribution in [0, 0.1) is 11.7 Å². The van der Waals surface area contributed by atoms with E-state index in [4.69, 9.17) is 16.6 Å². The highest BCUT2D eigenvalue weighted by molar-refractivity contribution is 6.34. The lowest BCUT2D eigenvalue weighted by atomic mass is 9.97. The summed E-state index contributed by atoms with van der Waals surface area (Å²) in [5.74, 6) is 0.170. The van der Waals surface area contributed by atoms with Crippen molar-refractivity contribution in [2.24, 2.45) is 10.9 Å². The predicted molar refractivity (Wildman–Crippen MR) is 132 cm³/mol. The van der Waals surface area contributed by atoms with E-state index >= 15 is 0 Å². The van der Waals surface area contributed by atoms with Crippen LogP contribution in [0.4, 0.5) is 4.39 Å². The summed E-state index contributed by atoms with van der Waals surface area (Å²) in [6.07, 6.45) is 5.57. The van der Waals surface area contributed by atoms with Crippen molar-refractivity contribution in [3.63, 3.8) is 0 Å². The quantitative estimate of drug-likeness (QED) is 0.645. The number of carbonyl (C=O) groups is 2. The molecular formula is C26H26ClFN4O2. The Morgan fingerprint density at radius 3 is 2.56 bits per heavy atom. The Morgan fingerprint density at radius 2 is 1.88 bits per heavy atom. The molecule has 4 rings (SSSR count). The fourth-order valence-electron chi connectivity index (χ4n) is 3.98. The van der Waals surface area contributed by atoms with Crippen molar-refractivity contribution < 1.29 is 14.0 Å². The van der Waals surface area contributed by atoms with Crippen LogP contribution in [0.15, 0.2) is 65.8 Å². The molecule has 0 radical (unpaired) electrons. The molecule has 2 unspecified atom stereocenters. The summed E-state index contributed by atoms with van der Waals surface area (Å²) >= 11 is 6.31. The highest BCUT2D eigenvalue weighted by atomic mass is 35.5. The second-order valence-electron chi connectivity index (χ2n) is 8.67. The number of halogens is 2. The number of likely N-dealkylation sites (N-methyl/N-ethyl adjacent to an activating group) is 1. The number of hydrogen-bond donors (Lipinski definition) is 2. The number of aliphatic imine (C=N–C) groups is 1. The molecule has 2 aromatic carbocycles. The number of fused-ring (bicyclic) bond motifs is 1. The van der Waals surface area contributed by atoms with Crippen LogP contribution in [0.3, 0.4) is 0 Å². The van der Waals surface area contributed by atoms with Crippen LogP contribution in [0.2, 0.25) is 5.02 Å². The summed E-state index contributed by atoms with van der Waals surface area (Å²) in [7, 11) is 1.58. The zero-order chi connectivity index (χ0) is 24.4. The van der Waals surface area contributed by atoms with Gasteiger partial charge in [0.2, 0.25) is 5.91 Å². The third kappa shape index (κ3) is 4.75. The highest BCUT2D eigenvalue weighted by Crippen LogP contribution is 2.36. The first-order valence-electron chi connectivity index (χ1n) is 11.1. The van der Waals surface area contributed by atoms with Gasteiger partial charge in [-0.25, -0.2) is 4.39 Å². The smallest absolute Gasteiger partial charge is 0.252 e. The fraction of sp³-hybridized carbons (Fsp3) is 0.269. The second-order valence-corrected chi connectivity index (χ2v) is 9.07. The van der Waals surface area contributed by atoms with Crippen LogP contribution in [0.1, 0.15) is 41.4 Å². The fourth-order valence-corrected chi connectivity index (χ4v) is 4.19. The molecule has 0 fully saturated rings. The molecule has 0 saturated heterocycles. The van der Waals surface area contributed by atoms with Gasteiger partial charge in [-0.05, 0) is 59.0 Å². The molecule has 6 nitrogen and oxygen atoms in total. The van der Waals surface area contributed by atoms with E-state index in [0.29, 0.717) is 28.9 Å². The van der Waals surface area contributed by atoms with Gasteiger partial charge in [-0.2, -0.15) is 0 Å². The molecule has 0 aromatic heterocycles. The van der Waals surface area contributed by atoms with Gasteiger partial charge in [0.1, 0.15) is 23.7 Å². The Balaban J connectivity index is 1.66. The third-order valence-electron chi connectivity index (χ3n) is 5.77. The van der Waals surface area contributed by atoms with Crippen LogP contribution >= 0.6 is 11.6 Å². The van der Waals surface area contributed by atoms with Gasteiger partial charge in [0.15, 0.2) is 0 Å². The zero-order valence-electron chi connectivity index (χ0n) is 19.2. The average Bonchev–Trinajstić information content (AvgIpc) is 3.21. The second kappa shape index (κ2) is 9.81. The van der Waals surface area contributed by atoms with Gasteiger partial charge in [-0.3, -0.25) is 14.6 Å². The topological polar surface area (TPSA) is 73.8 Å². The zero-order valence-corrected chi connectivity index (χ0v) is 19.9. The predicted octanol–water partition coefficient (Wildman–Crippen LogP) is 4.35. The summed E-state index contributed by atoms with van der Waals surface area (Å²) < 4.78 is 13.5. The lowest BCUT2D eigenvalue weighted by molar-refractivity contribution is -0.124. The van der Waals surface area contributed by atoms with Gasteiger partial charge >= 0.3 is 0 Å². The Labute approximate surface area is 203 Å². The molecule has 8 heteroatoms. The van der Waals surface area contributed by atoms with Crippen molar-refractivity contribution in [3.05, 3.63) is 88.3 Å². The molecule has 2 heterocycles. The summed E-state index contributed by atoms with van der Waals surface area (Å²) in [5.41, 5.74) is 2.73. The largest absolute Gasteiger partial charge is 0.357 e. The number of amidine groups is 1. The third-order valence-corrected chi connectivity index (χ3v) is 6.10. The highest BCUT2D eigenvalue weighted by Gasteiger charge is 2.41. The van der Waals surface area contributed by atoms with Crippen LogP contribution < -0.4 is 10.6 Å². The van der Waals surface area contributed by atoms with Crippen LogP contribution in [-0.2, 0) is 4.79 Å². The Morgan fingerprint density at radius 1 is 1.15 bits per heavy atom. The number of allylic oxidation sites excluding steroid dienone is 2. The summed E-state index contributed by atoms with van der Waals surface area (Å²) in [4.78, 5) is 32.0. The lowest BCUT2D eigenvalue weighted by Gasteiger charge is -2.28. The maximum atomic E-state index is 13.5. The van der Waals surface area contributed by atoms with Gasteiger partial charge in [0.25, 0.3) is 5.91 Å². The van der Waals surface area contributed by atoms with Crippen molar-refractivity contribution in [2.75, 3.05) is 13.6 Å². The van der Waals surface area contributed by atoms with E-state index in [1.54, 1.807) is 31.3 Å². The molecule has 176 valence electrons. The summed E-state index contributed by atoms with van der Waals surface area (Å²) in [5, 5.41) is 5.97. The van der Waals surface area contributed by atoms with Crippen molar-refractivity contribution >= 4 is 34.8 Å². The van der Waals surface area contributed by atoms with Crippen LogP contribution in [-0.4, -0.2) is 42.2 Å². The van der Waals surface area contributed by atoms with E-state index in [-0.39, 0.29) is 17.6 Å². The maximum Gasteiger partial charge on any atom is 0.252 e. The molecular weight excluding hydrogens is 455 g/mol. The summed E-state index contributed by atoms with van der Waals surface area (Å²) in [6, 6.07) is 10.2. The molecule has 2 aromatic rings. The number of benzene rings is 2. The van der Waals surface area contributed by atoms with Crippen LogP contribution in [0.5, 0.6) is 0 Å². The molecule has 0 spiro atoms. The number of nitrogens with zero attached hydrogens (tertiary/aromatic N) is 2. The monoisotopic (exact) mass is 480 g/mol. The Kier molecular flexibility index (Phi) is 6.84. The normalized spacial score (nSPS) is 18.9. The molecule has 0 saturated carbocycles. The molecule has 34 heavy (non-hydrogen) atoms. The number of carbonyl (C=O) groups excluding carboxylic acids is 2. The first-order valence-corrected chi connectivity index (χ1v) is 11.5. The Hall–Kier alpha value is -3.45. The molecule has 0 bridgehead atoms. The van der Waals surface area contributed by atoms with Crippen LogP contribution in [0.25, 0.3) is 5.57 Å². The lowest BCUT2D eigenvalue weighted by Crippen LogP contribution is -2.45. The van der Waals surface area contributed by atoms with E-state index in [1.807, 2.05) is 43.2 Å². The molecule has 2 amide bonds. The van der Waals surface area contributed by atoms with Gasteiger partial charge < -0.3 is 15.5 Å². The SMILES string of the molecule is CNC(=O)C1C(c2ccc(F)cc2)N=C2C=CC(c3ccc(Cl)c(C(=O)NCC(C)C)c3)=CN21. The minimum atomic E-state index is -0.633. The van der Waals surface area contributed by atoms with Crippen molar-refractivity contribution in [1.82, 2.24) is 15.5 Å². The standard InChI is InChI=1S/C26H26ClFN4O2/c1-15(2)13-30-25(33)20-12-17(6-10-21(20)27)18-7-11-22-31-23(16-4-8-19(28)9-5-16)24(26(34)29-3)32(22)14-18/h4-12,14-15,23-24H,13H2,1-3H3,(H,29,34)(H,30,33). The van der Waals surface area contributed by atoms with E-state index in [1.165, 1.54) is 12.1 Å². The first-order chi connectivity index (χ1) is 16.3. The van der Waals surface area contributed by atoms with E-state index in [0.717, 1.165) is 16.7 Å². The number of amides is 2. The van der Waals surface area contributed by atoms with E-state index < -0.39 is 12.1 Å². The number of hydrogen-bond acceptors (Lipinski definition) is 4. The number of rotatable bonds is 6. The molecule has 0 aliphatic carbocycles. The molecule has 2 atom stereocenters. The maximum absolute atomic E-state index is 13.5. The minimum absolute atomic E-state index is 0.205. The first kappa shape index (κ1) is 23.7.